The maximum absolute atomic E-state index is 12.3. The second-order valence-corrected chi connectivity index (χ2v) is 5.59. The van der Waals surface area contributed by atoms with Gasteiger partial charge in [-0.1, -0.05) is 23.7 Å². The molecule has 1 aromatic heterocycles. The van der Waals surface area contributed by atoms with Crippen LogP contribution in [-0.4, -0.2) is 39.4 Å². The van der Waals surface area contributed by atoms with Crippen LogP contribution in [0, 0.1) is 0 Å². The molecule has 0 spiro atoms. The van der Waals surface area contributed by atoms with Crippen LogP contribution < -0.4 is 5.32 Å². The Morgan fingerprint density at radius 2 is 2.22 bits per heavy atom. The van der Waals surface area contributed by atoms with Gasteiger partial charge in [-0.25, -0.2) is 4.98 Å². The lowest BCUT2D eigenvalue weighted by atomic mass is 10.2. The summed E-state index contributed by atoms with van der Waals surface area (Å²) in [5.41, 5.74) is 0.944. The minimum Gasteiger partial charge on any atom is -0.347 e. The Balaban J connectivity index is 2.03. The Kier molecular flexibility index (Phi) is 6.17. The highest BCUT2D eigenvalue weighted by Gasteiger charge is 2.14. The van der Waals surface area contributed by atoms with Crippen LogP contribution in [0.2, 0.25) is 5.02 Å². The fourth-order valence-corrected chi connectivity index (χ4v) is 2.33. The topological polar surface area (TPSA) is 67.2 Å². The molecular formula is C16H19ClN4O2. The summed E-state index contributed by atoms with van der Waals surface area (Å²) in [7, 11) is 0. The molecule has 2 amide bonds. The molecule has 1 N–H and O–H groups in total. The molecule has 2 aromatic rings. The molecule has 6 nitrogen and oxygen atoms in total. The van der Waals surface area contributed by atoms with Gasteiger partial charge in [-0.2, -0.15) is 0 Å². The smallest absolute Gasteiger partial charge is 0.242 e. The number of carbonyl (C=O) groups is 2. The van der Waals surface area contributed by atoms with Gasteiger partial charge in [0.1, 0.15) is 0 Å². The highest BCUT2D eigenvalue weighted by Crippen LogP contribution is 2.13. The van der Waals surface area contributed by atoms with Crippen molar-refractivity contribution in [1.29, 1.82) is 0 Å². The molecule has 7 heteroatoms. The maximum atomic E-state index is 12.3. The molecule has 0 radical (unpaired) electrons. The van der Waals surface area contributed by atoms with Gasteiger partial charge in [0.15, 0.2) is 0 Å². The SMILES string of the molecule is CC(=O)NCC(=O)N(CCn1ccnc1)Cc1cccc(Cl)c1. The highest BCUT2D eigenvalue weighted by atomic mass is 35.5. The van der Waals surface area contributed by atoms with E-state index in [4.69, 9.17) is 11.6 Å². The monoisotopic (exact) mass is 334 g/mol. The van der Waals surface area contributed by atoms with Gasteiger partial charge in [0.25, 0.3) is 0 Å². The number of nitrogens with one attached hydrogen (secondary N) is 1. The van der Waals surface area contributed by atoms with Gasteiger partial charge >= 0.3 is 0 Å². The third-order valence-corrected chi connectivity index (χ3v) is 3.53. The van der Waals surface area contributed by atoms with E-state index in [9.17, 15) is 9.59 Å². The van der Waals surface area contributed by atoms with Crippen molar-refractivity contribution in [3.05, 3.63) is 53.6 Å². The van der Waals surface area contributed by atoms with Gasteiger partial charge in [-0.3, -0.25) is 9.59 Å². The van der Waals surface area contributed by atoms with E-state index in [1.165, 1.54) is 6.92 Å². The van der Waals surface area contributed by atoms with Crippen molar-refractivity contribution in [2.75, 3.05) is 13.1 Å². The molecule has 0 aliphatic heterocycles. The van der Waals surface area contributed by atoms with Gasteiger partial charge in [0.05, 0.1) is 12.9 Å². The van der Waals surface area contributed by atoms with E-state index >= 15 is 0 Å². The molecule has 0 saturated carbocycles. The minimum absolute atomic E-state index is 0.0141. The van der Waals surface area contributed by atoms with Crippen LogP contribution in [0.3, 0.4) is 0 Å². The summed E-state index contributed by atoms with van der Waals surface area (Å²) in [5, 5.41) is 3.17. The van der Waals surface area contributed by atoms with Crippen LogP contribution >= 0.6 is 11.6 Å². The van der Waals surface area contributed by atoms with Crippen molar-refractivity contribution in [1.82, 2.24) is 19.8 Å². The number of imidazole rings is 1. The molecular weight excluding hydrogens is 316 g/mol. The first-order valence-corrected chi connectivity index (χ1v) is 7.65. The summed E-state index contributed by atoms with van der Waals surface area (Å²) in [4.78, 5) is 29.0. The van der Waals surface area contributed by atoms with E-state index in [1.807, 2.05) is 29.0 Å². The van der Waals surface area contributed by atoms with Gasteiger partial charge < -0.3 is 14.8 Å². The molecule has 0 bridgehead atoms. The Hall–Kier alpha value is -2.34. The number of halogens is 1. The average molecular weight is 335 g/mol. The zero-order chi connectivity index (χ0) is 16.7. The summed E-state index contributed by atoms with van der Waals surface area (Å²) >= 11 is 6.00. The Bertz CT molecular complexity index is 658. The first kappa shape index (κ1) is 17.0. The van der Waals surface area contributed by atoms with E-state index in [1.54, 1.807) is 23.5 Å². The van der Waals surface area contributed by atoms with E-state index < -0.39 is 0 Å². The van der Waals surface area contributed by atoms with Crippen molar-refractivity contribution >= 4 is 23.4 Å². The van der Waals surface area contributed by atoms with E-state index in [0.29, 0.717) is 24.7 Å². The lowest BCUT2D eigenvalue weighted by Crippen LogP contribution is -2.40. The second kappa shape index (κ2) is 8.33. The fourth-order valence-electron chi connectivity index (χ4n) is 2.11. The molecule has 0 atom stereocenters. The van der Waals surface area contributed by atoms with Crippen LogP contribution in [0.5, 0.6) is 0 Å². The van der Waals surface area contributed by atoms with Gasteiger partial charge in [0.2, 0.25) is 11.8 Å². The van der Waals surface area contributed by atoms with Crippen molar-refractivity contribution in [3.63, 3.8) is 0 Å². The Morgan fingerprint density at radius 1 is 1.39 bits per heavy atom. The van der Waals surface area contributed by atoms with Crippen molar-refractivity contribution in [3.8, 4) is 0 Å². The fraction of sp³-hybridized carbons (Fsp3) is 0.312. The molecule has 122 valence electrons. The lowest BCUT2D eigenvalue weighted by Gasteiger charge is -2.23. The van der Waals surface area contributed by atoms with Crippen LogP contribution in [-0.2, 0) is 22.7 Å². The van der Waals surface area contributed by atoms with E-state index in [0.717, 1.165) is 5.56 Å². The van der Waals surface area contributed by atoms with E-state index in [2.05, 4.69) is 10.3 Å². The third kappa shape index (κ3) is 5.75. The molecule has 0 fully saturated rings. The molecule has 0 saturated heterocycles. The summed E-state index contributed by atoms with van der Waals surface area (Å²) in [6, 6.07) is 7.39. The summed E-state index contributed by atoms with van der Waals surface area (Å²) in [6.45, 7) is 2.96. The number of aromatic nitrogens is 2. The molecule has 23 heavy (non-hydrogen) atoms. The number of rotatable bonds is 7. The summed E-state index contributed by atoms with van der Waals surface area (Å²) in [5.74, 6) is -0.365. The van der Waals surface area contributed by atoms with Crippen LogP contribution in [0.15, 0.2) is 43.0 Å². The highest BCUT2D eigenvalue weighted by molar-refractivity contribution is 6.30. The van der Waals surface area contributed by atoms with Crippen molar-refractivity contribution in [2.24, 2.45) is 0 Å². The quantitative estimate of drug-likeness (QED) is 0.838. The predicted octanol–water partition coefficient (Wildman–Crippen LogP) is 1.70. The Morgan fingerprint density at radius 3 is 2.87 bits per heavy atom. The number of carbonyl (C=O) groups excluding carboxylic acids is 2. The molecule has 2 rings (SSSR count). The molecule has 0 aliphatic carbocycles. The number of benzene rings is 1. The maximum Gasteiger partial charge on any atom is 0.242 e. The zero-order valence-electron chi connectivity index (χ0n) is 12.9. The third-order valence-electron chi connectivity index (χ3n) is 3.29. The molecule has 1 aromatic carbocycles. The van der Waals surface area contributed by atoms with Crippen LogP contribution in [0.1, 0.15) is 12.5 Å². The van der Waals surface area contributed by atoms with Gasteiger partial charge in [-0.15, -0.1) is 0 Å². The second-order valence-electron chi connectivity index (χ2n) is 5.16. The summed E-state index contributed by atoms with van der Waals surface area (Å²) < 4.78 is 1.90. The molecule has 1 heterocycles. The largest absolute Gasteiger partial charge is 0.347 e. The number of amides is 2. The van der Waals surface area contributed by atoms with Crippen LogP contribution in [0.4, 0.5) is 0 Å². The standard InChI is InChI=1S/C16H19ClN4O2/c1-13(22)19-10-16(23)21(8-7-20-6-5-18-12-20)11-14-3-2-4-15(17)9-14/h2-6,9,12H,7-8,10-11H2,1H3,(H,19,22). The first-order valence-electron chi connectivity index (χ1n) is 7.27. The number of nitrogens with zero attached hydrogens (tertiary/aromatic N) is 3. The number of hydrogen-bond acceptors (Lipinski definition) is 3. The zero-order valence-corrected chi connectivity index (χ0v) is 13.7. The molecule has 0 unspecified atom stereocenters. The van der Waals surface area contributed by atoms with Crippen LogP contribution in [0.25, 0.3) is 0 Å². The minimum atomic E-state index is -0.226. The Labute approximate surface area is 140 Å². The van der Waals surface area contributed by atoms with Gasteiger partial charge in [0, 0.05) is 44.0 Å². The lowest BCUT2D eigenvalue weighted by molar-refractivity contribution is -0.133. The summed E-state index contributed by atoms with van der Waals surface area (Å²) in [6.07, 6.45) is 5.24. The van der Waals surface area contributed by atoms with Crippen molar-refractivity contribution in [2.45, 2.75) is 20.0 Å². The average Bonchev–Trinajstić information content (AvgIpc) is 3.02. The first-order chi connectivity index (χ1) is 11.0. The molecule has 0 aliphatic rings. The normalized spacial score (nSPS) is 10.3. The predicted molar refractivity (Wildman–Crippen MR) is 87.8 cm³/mol. The van der Waals surface area contributed by atoms with E-state index in [-0.39, 0.29) is 18.4 Å². The number of hydrogen-bond donors (Lipinski definition) is 1. The van der Waals surface area contributed by atoms with Crippen molar-refractivity contribution < 1.29 is 9.59 Å². The van der Waals surface area contributed by atoms with Gasteiger partial charge in [-0.05, 0) is 17.7 Å².